The minimum Gasteiger partial charge on any atom is -0.496 e. The average molecular weight is 513 g/mol. The fraction of sp³-hybridized carbons (Fsp3) is 0.300. The van der Waals surface area contributed by atoms with E-state index in [2.05, 4.69) is 15.6 Å². The number of ether oxygens (including phenoxy) is 4. The Balaban J connectivity index is 0.00000300. The topological polar surface area (TPSA) is 90.4 Å². The Bertz CT molecular complexity index is 888. The summed E-state index contributed by atoms with van der Waals surface area (Å²) in [5, 5.41) is 6.46. The monoisotopic (exact) mass is 513 g/mol. The molecule has 0 atom stereocenters. The molecular formula is C20H24IN3O5. The molecule has 0 saturated carbocycles. The number of esters is 1. The van der Waals surface area contributed by atoms with Crippen LogP contribution < -0.4 is 24.8 Å². The number of hydrogen-bond acceptors (Lipinski definition) is 6. The van der Waals surface area contributed by atoms with E-state index >= 15 is 0 Å². The van der Waals surface area contributed by atoms with Crippen LogP contribution in [0.4, 0.5) is 0 Å². The molecule has 1 aliphatic heterocycles. The standard InChI is InChI=1S/C20H23N3O5.HI/c1-21-20(23-11-14-5-7-17-18(9-14)28-12-27-17)22-10-13-4-6-16(25-2)15(8-13)19(24)26-3;/h4-9H,10-12H2,1-3H3,(H2,21,22,23);1H. The van der Waals surface area contributed by atoms with Crippen LogP contribution in [0.3, 0.4) is 0 Å². The van der Waals surface area contributed by atoms with E-state index in [1.165, 1.54) is 14.2 Å². The summed E-state index contributed by atoms with van der Waals surface area (Å²) in [5.41, 5.74) is 2.32. The van der Waals surface area contributed by atoms with Crippen LogP contribution >= 0.6 is 24.0 Å². The highest BCUT2D eigenvalue weighted by Crippen LogP contribution is 2.32. The molecule has 0 saturated heterocycles. The van der Waals surface area contributed by atoms with Gasteiger partial charge in [0.15, 0.2) is 17.5 Å². The lowest BCUT2D eigenvalue weighted by molar-refractivity contribution is 0.0597. The van der Waals surface area contributed by atoms with Crippen molar-refractivity contribution in [1.29, 1.82) is 0 Å². The second-order valence-electron chi connectivity index (χ2n) is 5.99. The Kier molecular flexibility index (Phi) is 8.37. The molecular weight excluding hydrogens is 489 g/mol. The Morgan fingerprint density at radius 1 is 1.03 bits per heavy atom. The molecule has 0 radical (unpaired) electrons. The smallest absolute Gasteiger partial charge is 0.341 e. The summed E-state index contributed by atoms with van der Waals surface area (Å²) < 4.78 is 20.7. The molecule has 2 N–H and O–H groups in total. The molecule has 2 aromatic rings. The summed E-state index contributed by atoms with van der Waals surface area (Å²) in [5.74, 6) is 2.17. The van der Waals surface area contributed by atoms with Crippen molar-refractivity contribution >= 4 is 35.9 Å². The maximum absolute atomic E-state index is 11.9. The number of aliphatic imine (C=N–C) groups is 1. The summed E-state index contributed by atoms with van der Waals surface area (Å²) >= 11 is 0. The van der Waals surface area contributed by atoms with Gasteiger partial charge in [-0.1, -0.05) is 12.1 Å². The predicted octanol–water partition coefficient (Wildman–Crippen LogP) is 2.69. The van der Waals surface area contributed by atoms with Gasteiger partial charge in [0.05, 0.1) is 14.2 Å². The zero-order valence-electron chi connectivity index (χ0n) is 16.5. The number of carbonyl (C=O) groups is 1. The molecule has 0 aromatic heterocycles. The Labute approximate surface area is 186 Å². The number of guanidine groups is 1. The fourth-order valence-corrected chi connectivity index (χ4v) is 2.78. The molecule has 0 unspecified atom stereocenters. The number of nitrogens with one attached hydrogen (secondary N) is 2. The number of benzene rings is 2. The van der Waals surface area contributed by atoms with Crippen molar-refractivity contribution in [3.05, 3.63) is 53.1 Å². The normalized spacial score (nSPS) is 12.0. The van der Waals surface area contributed by atoms with Gasteiger partial charge in [0, 0.05) is 20.1 Å². The van der Waals surface area contributed by atoms with Gasteiger partial charge in [0.25, 0.3) is 0 Å². The number of nitrogens with zero attached hydrogens (tertiary/aromatic N) is 1. The molecule has 0 aliphatic carbocycles. The number of methoxy groups -OCH3 is 2. The lowest BCUT2D eigenvalue weighted by atomic mass is 10.1. The largest absolute Gasteiger partial charge is 0.496 e. The van der Waals surface area contributed by atoms with Gasteiger partial charge in [-0.05, 0) is 35.4 Å². The Morgan fingerprint density at radius 2 is 1.69 bits per heavy atom. The second kappa shape index (κ2) is 10.7. The van der Waals surface area contributed by atoms with Crippen molar-refractivity contribution in [1.82, 2.24) is 10.6 Å². The summed E-state index contributed by atoms with van der Waals surface area (Å²) in [4.78, 5) is 16.1. The van der Waals surface area contributed by atoms with Crippen LogP contribution in [-0.4, -0.2) is 40.0 Å². The molecule has 0 fully saturated rings. The first-order valence-electron chi connectivity index (χ1n) is 8.73. The molecule has 0 bridgehead atoms. The molecule has 156 valence electrons. The quantitative estimate of drug-likeness (QED) is 0.266. The van der Waals surface area contributed by atoms with E-state index in [0.29, 0.717) is 30.4 Å². The highest BCUT2D eigenvalue weighted by atomic mass is 127. The first kappa shape index (κ1) is 22.6. The molecule has 3 rings (SSSR count). The van der Waals surface area contributed by atoms with Crippen molar-refractivity contribution in [2.75, 3.05) is 28.1 Å². The second-order valence-corrected chi connectivity index (χ2v) is 5.99. The third-order valence-electron chi connectivity index (χ3n) is 4.25. The van der Waals surface area contributed by atoms with Crippen LogP contribution in [0, 0.1) is 0 Å². The van der Waals surface area contributed by atoms with Crippen LogP contribution in [0.2, 0.25) is 0 Å². The van der Waals surface area contributed by atoms with E-state index in [1.54, 1.807) is 19.2 Å². The fourth-order valence-electron chi connectivity index (χ4n) is 2.78. The Morgan fingerprint density at radius 3 is 2.34 bits per heavy atom. The third kappa shape index (κ3) is 5.66. The summed E-state index contributed by atoms with van der Waals surface area (Å²) in [6, 6.07) is 11.2. The van der Waals surface area contributed by atoms with Crippen LogP contribution in [0.25, 0.3) is 0 Å². The molecule has 29 heavy (non-hydrogen) atoms. The van der Waals surface area contributed by atoms with Crippen molar-refractivity contribution < 1.29 is 23.7 Å². The molecule has 0 amide bonds. The molecule has 2 aromatic carbocycles. The molecule has 1 heterocycles. The summed E-state index contributed by atoms with van der Waals surface area (Å²) in [6.45, 7) is 1.31. The number of halogens is 1. The summed E-state index contributed by atoms with van der Waals surface area (Å²) in [7, 11) is 4.55. The van der Waals surface area contributed by atoms with Gasteiger partial charge in [-0.3, -0.25) is 4.99 Å². The summed E-state index contributed by atoms with van der Waals surface area (Å²) in [6.07, 6.45) is 0. The molecule has 1 aliphatic rings. The van der Waals surface area contributed by atoms with Gasteiger partial charge in [-0.2, -0.15) is 0 Å². The first-order valence-corrected chi connectivity index (χ1v) is 8.73. The van der Waals surface area contributed by atoms with Gasteiger partial charge >= 0.3 is 5.97 Å². The maximum Gasteiger partial charge on any atom is 0.341 e. The van der Waals surface area contributed by atoms with E-state index in [0.717, 1.165) is 22.6 Å². The molecule has 8 nitrogen and oxygen atoms in total. The Hall–Kier alpha value is -2.69. The van der Waals surface area contributed by atoms with Crippen molar-refractivity contribution in [2.45, 2.75) is 13.1 Å². The van der Waals surface area contributed by atoms with E-state index in [-0.39, 0.29) is 30.8 Å². The van der Waals surface area contributed by atoms with Crippen LogP contribution in [0.5, 0.6) is 17.2 Å². The van der Waals surface area contributed by atoms with E-state index in [4.69, 9.17) is 18.9 Å². The SMILES string of the molecule is CN=C(NCc1ccc2c(c1)OCO2)NCc1ccc(OC)c(C(=O)OC)c1.I. The highest BCUT2D eigenvalue weighted by molar-refractivity contribution is 14.0. The van der Waals surface area contributed by atoms with Crippen molar-refractivity contribution in [2.24, 2.45) is 4.99 Å². The molecule has 0 spiro atoms. The maximum atomic E-state index is 11.9. The zero-order valence-corrected chi connectivity index (χ0v) is 18.8. The van der Waals surface area contributed by atoms with Gasteiger partial charge < -0.3 is 29.6 Å². The highest BCUT2D eigenvalue weighted by Gasteiger charge is 2.14. The van der Waals surface area contributed by atoms with Crippen LogP contribution in [0.15, 0.2) is 41.4 Å². The molecule has 9 heteroatoms. The van der Waals surface area contributed by atoms with E-state index in [1.807, 2.05) is 24.3 Å². The number of hydrogen-bond donors (Lipinski definition) is 2. The van der Waals surface area contributed by atoms with E-state index < -0.39 is 5.97 Å². The lowest BCUT2D eigenvalue weighted by Crippen LogP contribution is -2.36. The zero-order chi connectivity index (χ0) is 19.9. The number of rotatable bonds is 6. The van der Waals surface area contributed by atoms with Crippen molar-refractivity contribution in [3.8, 4) is 17.2 Å². The van der Waals surface area contributed by atoms with Gasteiger partial charge in [-0.15, -0.1) is 24.0 Å². The van der Waals surface area contributed by atoms with Gasteiger partial charge in [0.2, 0.25) is 6.79 Å². The third-order valence-corrected chi connectivity index (χ3v) is 4.25. The minimum atomic E-state index is -0.441. The van der Waals surface area contributed by atoms with Gasteiger partial charge in [-0.25, -0.2) is 4.79 Å². The lowest BCUT2D eigenvalue weighted by Gasteiger charge is -2.13. The average Bonchev–Trinajstić information content (AvgIpc) is 3.21. The predicted molar refractivity (Wildman–Crippen MR) is 119 cm³/mol. The van der Waals surface area contributed by atoms with Gasteiger partial charge in [0.1, 0.15) is 11.3 Å². The van der Waals surface area contributed by atoms with Crippen molar-refractivity contribution in [3.63, 3.8) is 0 Å². The number of carbonyl (C=O) groups excluding carboxylic acids is 1. The number of fused-ring (bicyclic) bond motifs is 1. The van der Waals surface area contributed by atoms with Crippen LogP contribution in [0.1, 0.15) is 21.5 Å². The van der Waals surface area contributed by atoms with E-state index in [9.17, 15) is 4.79 Å². The van der Waals surface area contributed by atoms with Crippen LogP contribution in [-0.2, 0) is 17.8 Å². The first-order chi connectivity index (χ1) is 13.6. The minimum absolute atomic E-state index is 0.